The van der Waals surface area contributed by atoms with Crippen LogP contribution in [0, 0.1) is 5.41 Å². The standard InChI is InChI=1S/C18H22N2O3/c21-16(18(17(22)23)9-2-1-3-10-18)20-12-13-6-4-8-15-14(13)7-5-11-19-15/h1-2,4,6,8,19H,3,5,7,9-12H2,(H,20,21)(H,22,23). The number of benzene rings is 1. The number of hydrogen-bond donors (Lipinski definition) is 3. The van der Waals surface area contributed by atoms with Gasteiger partial charge in [-0.25, -0.2) is 0 Å². The van der Waals surface area contributed by atoms with Gasteiger partial charge in [0.2, 0.25) is 5.91 Å². The second-order valence-electron chi connectivity index (χ2n) is 6.26. The van der Waals surface area contributed by atoms with Crippen LogP contribution in [0.15, 0.2) is 30.4 Å². The third kappa shape index (κ3) is 2.96. The van der Waals surface area contributed by atoms with Crippen LogP contribution < -0.4 is 10.6 Å². The van der Waals surface area contributed by atoms with Crippen molar-refractivity contribution in [3.63, 3.8) is 0 Å². The zero-order chi connectivity index (χ0) is 16.3. The van der Waals surface area contributed by atoms with Crippen molar-refractivity contribution in [3.8, 4) is 0 Å². The van der Waals surface area contributed by atoms with E-state index >= 15 is 0 Å². The van der Waals surface area contributed by atoms with E-state index in [4.69, 9.17) is 0 Å². The maximum Gasteiger partial charge on any atom is 0.319 e. The van der Waals surface area contributed by atoms with Gasteiger partial charge in [-0.05, 0) is 49.3 Å². The quantitative estimate of drug-likeness (QED) is 0.589. The maximum atomic E-state index is 12.6. The van der Waals surface area contributed by atoms with Crippen molar-refractivity contribution < 1.29 is 14.7 Å². The number of carbonyl (C=O) groups is 2. The van der Waals surface area contributed by atoms with Crippen molar-refractivity contribution >= 4 is 17.6 Å². The fourth-order valence-corrected chi connectivity index (χ4v) is 3.43. The first kappa shape index (κ1) is 15.6. The Bertz CT molecular complexity index is 654. The average Bonchev–Trinajstić information content (AvgIpc) is 2.60. The lowest BCUT2D eigenvalue weighted by Gasteiger charge is -2.29. The fourth-order valence-electron chi connectivity index (χ4n) is 3.43. The summed E-state index contributed by atoms with van der Waals surface area (Å²) in [5.74, 6) is -1.41. The lowest BCUT2D eigenvalue weighted by atomic mass is 9.76. The van der Waals surface area contributed by atoms with E-state index in [1.165, 1.54) is 5.56 Å². The molecule has 5 heteroatoms. The van der Waals surface area contributed by atoms with Crippen LogP contribution in [-0.4, -0.2) is 23.5 Å². The zero-order valence-corrected chi connectivity index (χ0v) is 13.1. The van der Waals surface area contributed by atoms with E-state index in [9.17, 15) is 14.7 Å². The normalized spacial score (nSPS) is 22.8. The van der Waals surface area contributed by atoms with Crippen LogP contribution in [-0.2, 0) is 22.6 Å². The molecule has 1 unspecified atom stereocenters. The molecule has 1 heterocycles. The summed E-state index contributed by atoms with van der Waals surface area (Å²) < 4.78 is 0. The van der Waals surface area contributed by atoms with Gasteiger partial charge in [-0.3, -0.25) is 9.59 Å². The Morgan fingerprint density at radius 1 is 1.30 bits per heavy atom. The molecule has 23 heavy (non-hydrogen) atoms. The highest BCUT2D eigenvalue weighted by atomic mass is 16.4. The molecule has 3 rings (SSSR count). The third-order valence-corrected chi connectivity index (χ3v) is 4.85. The first-order chi connectivity index (χ1) is 11.1. The van der Waals surface area contributed by atoms with Gasteiger partial charge in [0.25, 0.3) is 0 Å². The van der Waals surface area contributed by atoms with E-state index in [2.05, 4.69) is 10.6 Å². The van der Waals surface area contributed by atoms with Crippen LogP contribution in [0.4, 0.5) is 5.69 Å². The van der Waals surface area contributed by atoms with Crippen LogP contribution >= 0.6 is 0 Å². The smallest absolute Gasteiger partial charge is 0.319 e. The van der Waals surface area contributed by atoms with Gasteiger partial charge >= 0.3 is 5.97 Å². The molecule has 5 nitrogen and oxygen atoms in total. The highest BCUT2D eigenvalue weighted by Gasteiger charge is 2.45. The van der Waals surface area contributed by atoms with Gasteiger partial charge < -0.3 is 15.7 Å². The number of fused-ring (bicyclic) bond motifs is 1. The Kier molecular flexibility index (Phi) is 4.37. The van der Waals surface area contributed by atoms with Gasteiger partial charge in [-0.1, -0.05) is 24.3 Å². The number of rotatable bonds is 4. The summed E-state index contributed by atoms with van der Waals surface area (Å²) in [5, 5.41) is 15.8. The van der Waals surface area contributed by atoms with Crippen LogP contribution in [0.5, 0.6) is 0 Å². The molecule has 122 valence electrons. The second-order valence-corrected chi connectivity index (χ2v) is 6.26. The lowest BCUT2D eigenvalue weighted by Crippen LogP contribution is -2.47. The van der Waals surface area contributed by atoms with Gasteiger partial charge in [-0.2, -0.15) is 0 Å². The minimum absolute atomic E-state index is 0.266. The van der Waals surface area contributed by atoms with Crippen molar-refractivity contribution in [2.45, 2.75) is 38.6 Å². The molecule has 0 saturated carbocycles. The van der Waals surface area contributed by atoms with E-state index in [1.807, 2.05) is 24.3 Å². The number of anilines is 1. The van der Waals surface area contributed by atoms with E-state index in [1.54, 1.807) is 6.08 Å². The summed E-state index contributed by atoms with van der Waals surface area (Å²) in [6.07, 6.45) is 7.05. The van der Waals surface area contributed by atoms with E-state index in [0.29, 0.717) is 19.4 Å². The Morgan fingerprint density at radius 2 is 2.17 bits per heavy atom. The highest BCUT2D eigenvalue weighted by molar-refractivity contribution is 6.02. The molecule has 1 aromatic rings. The molecule has 3 N–H and O–H groups in total. The van der Waals surface area contributed by atoms with Crippen molar-refractivity contribution in [1.82, 2.24) is 5.32 Å². The Morgan fingerprint density at radius 3 is 2.91 bits per heavy atom. The van der Waals surface area contributed by atoms with Crippen LogP contribution in [0.1, 0.15) is 36.8 Å². The van der Waals surface area contributed by atoms with E-state index in [-0.39, 0.29) is 12.3 Å². The predicted octanol–water partition coefficient (Wildman–Crippen LogP) is 2.47. The summed E-state index contributed by atoms with van der Waals surface area (Å²) >= 11 is 0. The molecule has 1 aromatic carbocycles. The molecular formula is C18H22N2O3. The Hall–Kier alpha value is -2.30. The first-order valence-corrected chi connectivity index (χ1v) is 8.15. The Balaban J connectivity index is 1.74. The topological polar surface area (TPSA) is 78.4 Å². The first-order valence-electron chi connectivity index (χ1n) is 8.15. The molecule has 0 radical (unpaired) electrons. The highest BCUT2D eigenvalue weighted by Crippen LogP contribution is 2.34. The van der Waals surface area contributed by atoms with Crippen LogP contribution in [0.25, 0.3) is 0 Å². The molecule has 0 fully saturated rings. The van der Waals surface area contributed by atoms with Gasteiger partial charge in [0.05, 0.1) is 0 Å². The summed E-state index contributed by atoms with van der Waals surface area (Å²) in [6, 6.07) is 6.01. The molecule has 0 spiro atoms. The number of aliphatic carboxylic acids is 1. The molecule has 1 aliphatic carbocycles. The van der Waals surface area contributed by atoms with Gasteiger partial charge in [0.1, 0.15) is 5.41 Å². The molecule has 1 aliphatic heterocycles. The summed E-state index contributed by atoms with van der Waals surface area (Å²) in [5.41, 5.74) is 2.10. The molecular weight excluding hydrogens is 292 g/mol. The second kappa shape index (κ2) is 6.44. The number of hydrogen-bond acceptors (Lipinski definition) is 3. The van der Waals surface area contributed by atoms with Crippen molar-refractivity contribution in [3.05, 3.63) is 41.5 Å². The van der Waals surface area contributed by atoms with E-state index in [0.717, 1.165) is 30.6 Å². The van der Waals surface area contributed by atoms with Crippen molar-refractivity contribution in [1.29, 1.82) is 0 Å². The third-order valence-electron chi connectivity index (χ3n) is 4.85. The molecule has 0 aromatic heterocycles. The fraction of sp³-hybridized carbons (Fsp3) is 0.444. The minimum Gasteiger partial charge on any atom is -0.480 e. The van der Waals surface area contributed by atoms with Gasteiger partial charge in [0, 0.05) is 18.8 Å². The molecule has 0 saturated heterocycles. The average molecular weight is 314 g/mol. The minimum atomic E-state index is -1.32. The molecule has 1 amide bonds. The number of carboxylic acid groups (broad SMARTS) is 1. The monoisotopic (exact) mass is 314 g/mol. The number of amides is 1. The van der Waals surface area contributed by atoms with Crippen molar-refractivity contribution in [2.75, 3.05) is 11.9 Å². The van der Waals surface area contributed by atoms with E-state index < -0.39 is 11.4 Å². The van der Waals surface area contributed by atoms with Crippen LogP contribution in [0.3, 0.4) is 0 Å². The van der Waals surface area contributed by atoms with Gasteiger partial charge in [-0.15, -0.1) is 0 Å². The van der Waals surface area contributed by atoms with Crippen molar-refractivity contribution in [2.24, 2.45) is 5.41 Å². The number of nitrogens with one attached hydrogen (secondary N) is 2. The maximum absolute atomic E-state index is 12.6. The Labute approximate surface area is 135 Å². The number of carbonyl (C=O) groups excluding carboxylic acids is 1. The van der Waals surface area contributed by atoms with Crippen LogP contribution in [0.2, 0.25) is 0 Å². The largest absolute Gasteiger partial charge is 0.480 e. The molecule has 2 aliphatic rings. The summed E-state index contributed by atoms with van der Waals surface area (Å²) in [4.78, 5) is 24.2. The zero-order valence-electron chi connectivity index (χ0n) is 13.1. The predicted molar refractivity (Wildman–Crippen MR) is 88.2 cm³/mol. The lowest BCUT2D eigenvalue weighted by molar-refractivity contribution is -0.156. The van der Waals surface area contributed by atoms with Gasteiger partial charge in [0.15, 0.2) is 0 Å². The summed E-state index contributed by atoms with van der Waals surface area (Å²) in [6.45, 7) is 1.35. The SMILES string of the molecule is O=C(O)C1(C(=O)NCc2cccc3c2CCCN3)CC=CCC1. The molecule has 1 atom stereocenters. The number of allylic oxidation sites excluding steroid dienone is 2. The molecule has 0 bridgehead atoms. The summed E-state index contributed by atoms with van der Waals surface area (Å²) in [7, 11) is 0. The number of carboxylic acids is 1.